The Bertz CT molecular complexity index is 407. The van der Waals surface area contributed by atoms with Gasteiger partial charge >= 0.3 is 0 Å². The third-order valence-corrected chi connectivity index (χ3v) is 4.06. The van der Waals surface area contributed by atoms with Gasteiger partial charge in [0.15, 0.2) is 0 Å². The number of aliphatic hydroxyl groups excluding tert-OH is 1. The maximum atomic E-state index is 9.31. The lowest BCUT2D eigenvalue weighted by Gasteiger charge is -2.40. The van der Waals surface area contributed by atoms with Crippen LogP contribution in [-0.2, 0) is 4.74 Å². The second kappa shape index (κ2) is 7.18. The van der Waals surface area contributed by atoms with Gasteiger partial charge in [0.05, 0.1) is 25.4 Å². The Kier molecular flexibility index (Phi) is 5.54. The van der Waals surface area contributed by atoms with Crippen molar-refractivity contribution < 1.29 is 9.84 Å². The first-order valence-electron chi connectivity index (χ1n) is 7.44. The summed E-state index contributed by atoms with van der Waals surface area (Å²) in [5.41, 5.74) is 8.87. The van der Waals surface area contributed by atoms with Crippen LogP contribution in [-0.4, -0.2) is 48.5 Å². The van der Waals surface area contributed by atoms with Gasteiger partial charge in [-0.05, 0) is 18.9 Å². The van der Waals surface area contributed by atoms with Crippen LogP contribution in [0, 0.1) is 6.92 Å². The molecule has 0 bridgehead atoms. The Morgan fingerprint density at radius 2 is 2.10 bits per heavy atom. The largest absolute Gasteiger partial charge is 0.394 e. The third-order valence-electron chi connectivity index (χ3n) is 4.06. The van der Waals surface area contributed by atoms with Gasteiger partial charge < -0.3 is 15.6 Å². The first-order chi connectivity index (χ1) is 9.65. The zero-order chi connectivity index (χ0) is 14.5. The number of morpholine rings is 1. The van der Waals surface area contributed by atoms with Gasteiger partial charge in [-0.3, -0.25) is 4.90 Å². The van der Waals surface area contributed by atoms with Crippen molar-refractivity contribution in [1.29, 1.82) is 0 Å². The quantitative estimate of drug-likeness (QED) is 0.856. The van der Waals surface area contributed by atoms with Crippen LogP contribution in [0.4, 0.5) is 0 Å². The zero-order valence-corrected chi connectivity index (χ0v) is 12.5. The van der Waals surface area contributed by atoms with Crippen molar-refractivity contribution in [2.24, 2.45) is 5.73 Å². The van der Waals surface area contributed by atoms with Crippen LogP contribution in [0.1, 0.15) is 30.5 Å². The highest BCUT2D eigenvalue weighted by atomic mass is 16.5. The second-order valence-corrected chi connectivity index (χ2v) is 5.60. The maximum Gasteiger partial charge on any atom is 0.0933 e. The molecule has 1 saturated heterocycles. The minimum Gasteiger partial charge on any atom is -0.394 e. The van der Waals surface area contributed by atoms with Crippen LogP contribution < -0.4 is 5.73 Å². The van der Waals surface area contributed by atoms with Gasteiger partial charge in [-0.1, -0.05) is 36.8 Å². The molecular formula is C16H26N2O2. The number of rotatable bonds is 5. The van der Waals surface area contributed by atoms with Crippen molar-refractivity contribution in [1.82, 2.24) is 4.90 Å². The smallest absolute Gasteiger partial charge is 0.0933 e. The summed E-state index contributed by atoms with van der Waals surface area (Å²) in [6.07, 6.45) is 0.834. The van der Waals surface area contributed by atoms with Gasteiger partial charge in [-0.2, -0.15) is 0 Å². The minimum atomic E-state index is -0.0965. The van der Waals surface area contributed by atoms with Crippen LogP contribution in [0.25, 0.3) is 0 Å². The van der Waals surface area contributed by atoms with Crippen LogP contribution in [0.5, 0.6) is 0 Å². The molecule has 0 spiro atoms. The fourth-order valence-electron chi connectivity index (χ4n) is 2.82. The van der Waals surface area contributed by atoms with E-state index in [9.17, 15) is 5.11 Å². The number of nitrogens with two attached hydrogens (primary N) is 1. The molecule has 3 unspecified atom stereocenters. The summed E-state index contributed by atoms with van der Waals surface area (Å²) >= 11 is 0. The van der Waals surface area contributed by atoms with Gasteiger partial charge in [0.1, 0.15) is 0 Å². The lowest BCUT2D eigenvalue weighted by molar-refractivity contribution is -0.0682. The maximum absolute atomic E-state index is 9.31. The van der Waals surface area contributed by atoms with Crippen LogP contribution in [0.15, 0.2) is 24.3 Å². The van der Waals surface area contributed by atoms with Crippen LogP contribution in [0.2, 0.25) is 0 Å². The summed E-state index contributed by atoms with van der Waals surface area (Å²) < 4.78 is 5.54. The van der Waals surface area contributed by atoms with E-state index in [0.29, 0.717) is 6.61 Å². The molecule has 20 heavy (non-hydrogen) atoms. The molecule has 1 aliphatic heterocycles. The average molecular weight is 278 g/mol. The van der Waals surface area contributed by atoms with Crippen LogP contribution in [0.3, 0.4) is 0 Å². The summed E-state index contributed by atoms with van der Waals surface area (Å²) in [7, 11) is 0. The van der Waals surface area contributed by atoms with Crippen LogP contribution >= 0.6 is 0 Å². The fraction of sp³-hybridized carbons (Fsp3) is 0.625. The lowest BCUT2D eigenvalue weighted by atomic mass is 9.95. The molecule has 0 aromatic heterocycles. The molecule has 2 rings (SSSR count). The van der Waals surface area contributed by atoms with E-state index in [2.05, 4.69) is 43.0 Å². The number of aliphatic hydroxyl groups is 1. The molecule has 3 atom stereocenters. The highest BCUT2D eigenvalue weighted by Crippen LogP contribution is 2.27. The molecular weight excluding hydrogens is 252 g/mol. The van der Waals surface area contributed by atoms with Gasteiger partial charge in [0.2, 0.25) is 0 Å². The summed E-state index contributed by atoms with van der Waals surface area (Å²) in [6, 6.07) is 8.88. The number of nitrogens with zero attached hydrogens (tertiary/aromatic N) is 1. The van der Waals surface area contributed by atoms with Gasteiger partial charge in [-0.15, -0.1) is 0 Å². The van der Waals surface area contributed by atoms with E-state index in [1.807, 2.05) is 0 Å². The second-order valence-electron chi connectivity index (χ2n) is 5.60. The predicted molar refractivity (Wildman–Crippen MR) is 80.6 cm³/mol. The van der Waals surface area contributed by atoms with E-state index in [0.717, 1.165) is 19.5 Å². The zero-order valence-electron chi connectivity index (χ0n) is 12.5. The van der Waals surface area contributed by atoms with Crippen molar-refractivity contribution in [2.75, 3.05) is 26.3 Å². The molecule has 1 fully saturated rings. The summed E-state index contributed by atoms with van der Waals surface area (Å²) in [5, 5.41) is 9.31. The highest BCUT2D eigenvalue weighted by Gasteiger charge is 2.30. The number of aryl methyl sites for hydroxylation is 1. The van der Waals surface area contributed by atoms with Gasteiger partial charge in [0.25, 0.3) is 0 Å². The molecule has 0 radical (unpaired) electrons. The van der Waals surface area contributed by atoms with E-state index in [1.165, 1.54) is 11.1 Å². The Balaban J connectivity index is 2.20. The molecule has 3 N–H and O–H groups in total. The van der Waals surface area contributed by atoms with Crippen molar-refractivity contribution in [3.8, 4) is 0 Å². The summed E-state index contributed by atoms with van der Waals surface area (Å²) in [6.45, 7) is 6.54. The van der Waals surface area contributed by atoms with E-state index in [-0.39, 0.29) is 24.8 Å². The first-order valence-corrected chi connectivity index (χ1v) is 7.44. The minimum absolute atomic E-state index is 0.0679. The lowest BCUT2D eigenvalue weighted by Crippen LogP contribution is -2.50. The van der Waals surface area contributed by atoms with Crippen molar-refractivity contribution in [2.45, 2.75) is 38.5 Å². The molecule has 1 aromatic rings. The van der Waals surface area contributed by atoms with Crippen molar-refractivity contribution in [3.63, 3.8) is 0 Å². The third kappa shape index (κ3) is 3.58. The molecule has 1 heterocycles. The molecule has 4 heteroatoms. The van der Waals surface area contributed by atoms with E-state index in [4.69, 9.17) is 10.5 Å². The number of hydrogen-bond acceptors (Lipinski definition) is 4. The number of benzene rings is 1. The Labute approximate surface area is 121 Å². The highest BCUT2D eigenvalue weighted by molar-refractivity contribution is 5.25. The Morgan fingerprint density at radius 3 is 2.70 bits per heavy atom. The molecule has 0 amide bonds. The predicted octanol–water partition coefficient (Wildman–Crippen LogP) is 1.47. The summed E-state index contributed by atoms with van der Waals surface area (Å²) in [4.78, 5) is 2.35. The number of ether oxygens (including phenoxy) is 1. The normalized spacial score (nSPS) is 23.5. The average Bonchev–Trinajstić information content (AvgIpc) is 2.49. The molecule has 1 aromatic carbocycles. The van der Waals surface area contributed by atoms with Gasteiger partial charge in [-0.25, -0.2) is 0 Å². The molecule has 4 nitrogen and oxygen atoms in total. The molecule has 112 valence electrons. The Hall–Kier alpha value is -0.940. The SMILES string of the molecule is CCC(N)C(c1ccc(C)cc1)N1CCOC(CO)C1. The summed E-state index contributed by atoms with van der Waals surface area (Å²) in [5.74, 6) is 0. The van der Waals surface area contributed by atoms with Crippen molar-refractivity contribution >= 4 is 0 Å². The Morgan fingerprint density at radius 1 is 1.40 bits per heavy atom. The molecule has 0 saturated carbocycles. The van der Waals surface area contributed by atoms with Crippen molar-refractivity contribution in [3.05, 3.63) is 35.4 Å². The topological polar surface area (TPSA) is 58.7 Å². The number of hydrogen-bond donors (Lipinski definition) is 2. The fourth-order valence-corrected chi connectivity index (χ4v) is 2.82. The molecule has 0 aliphatic carbocycles. The van der Waals surface area contributed by atoms with E-state index >= 15 is 0 Å². The first kappa shape index (κ1) is 15.4. The van der Waals surface area contributed by atoms with E-state index in [1.54, 1.807) is 0 Å². The molecule has 1 aliphatic rings. The van der Waals surface area contributed by atoms with E-state index < -0.39 is 0 Å². The standard InChI is InChI=1S/C16H26N2O2/c1-3-15(17)16(13-6-4-12(2)5-7-13)18-8-9-20-14(10-18)11-19/h4-7,14-16,19H,3,8-11,17H2,1-2H3. The monoisotopic (exact) mass is 278 g/mol. The van der Waals surface area contributed by atoms with Gasteiger partial charge in [0, 0.05) is 19.1 Å².